The molecule has 0 rings (SSSR count). The summed E-state index contributed by atoms with van der Waals surface area (Å²) in [5.41, 5.74) is 5.37. The zero-order chi connectivity index (χ0) is 13.2. The van der Waals surface area contributed by atoms with Crippen molar-refractivity contribution >= 4 is 16.0 Å². The summed E-state index contributed by atoms with van der Waals surface area (Å²) >= 11 is 0. The summed E-state index contributed by atoms with van der Waals surface area (Å²) in [5, 5.41) is 2.50. The van der Waals surface area contributed by atoms with E-state index in [0.717, 1.165) is 6.42 Å². The maximum atomic E-state index is 10.5. The van der Waals surface area contributed by atoms with Gasteiger partial charge in [-0.2, -0.15) is 8.42 Å². The fourth-order valence-electron chi connectivity index (χ4n) is 0.602. The van der Waals surface area contributed by atoms with Gasteiger partial charge in [-0.05, 0) is 18.9 Å². The van der Waals surface area contributed by atoms with Gasteiger partial charge in [-0.1, -0.05) is 20.4 Å². The summed E-state index contributed by atoms with van der Waals surface area (Å²) in [5.74, 6) is -0.350. The Hall–Kier alpha value is -0.920. The predicted molar refractivity (Wildman–Crippen MR) is 63.3 cm³/mol. The summed E-state index contributed by atoms with van der Waals surface area (Å²) in [6.07, 6.45) is 2.17. The zero-order valence-corrected chi connectivity index (χ0v) is 10.5. The highest BCUT2D eigenvalue weighted by Crippen LogP contribution is 1.83. The average molecular weight is 252 g/mol. The SMILES string of the molecule is C=CC(=O)NC(N)CC.CCCS(=O)(=O)O. The lowest BCUT2D eigenvalue weighted by Crippen LogP contribution is -2.39. The molecule has 0 aromatic carbocycles. The molecule has 96 valence electrons. The lowest BCUT2D eigenvalue weighted by atomic mass is 10.4. The fourth-order valence-corrected chi connectivity index (χ4v) is 1.12. The molecular weight excluding hydrogens is 232 g/mol. The molecule has 0 heterocycles. The van der Waals surface area contributed by atoms with Gasteiger partial charge in [0, 0.05) is 0 Å². The van der Waals surface area contributed by atoms with Crippen LogP contribution in [0.15, 0.2) is 12.7 Å². The molecule has 1 amide bonds. The molecule has 0 aromatic heterocycles. The molecule has 4 N–H and O–H groups in total. The Morgan fingerprint density at radius 1 is 1.56 bits per heavy atom. The van der Waals surface area contributed by atoms with E-state index in [1.54, 1.807) is 6.92 Å². The zero-order valence-electron chi connectivity index (χ0n) is 9.64. The van der Waals surface area contributed by atoms with E-state index < -0.39 is 10.1 Å². The van der Waals surface area contributed by atoms with Crippen LogP contribution in [0, 0.1) is 0 Å². The van der Waals surface area contributed by atoms with Gasteiger partial charge in [-0.3, -0.25) is 9.35 Å². The van der Waals surface area contributed by atoms with E-state index in [0.29, 0.717) is 6.42 Å². The Labute approximate surface area is 96.7 Å². The van der Waals surface area contributed by atoms with Gasteiger partial charge >= 0.3 is 0 Å². The molecule has 0 radical (unpaired) electrons. The second kappa shape index (κ2) is 9.32. The van der Waals surface area contributed by atoms with Crippen LogP contribution in [0.5, 0.6) is 0 Å². The lowest BCUT2D eigenvalue weighted by molar-refractivity contribution is -0.117. The van der Waals surface area contributed by atoms with Crippen LogP contribution in [-0.4, -0.2) is 30.8 Å². The predicted octanol–water partition coefficient (Wildman–Crippen LogP) is 0.268. The van der Waals surface area contributed by atoms with Crippen molar-refractivity contribution in [3.8, 4) is 0 Å². The molecular formula is C9H20N2O4S. The second-order valence-electron chi connectivity index (χ2n) is 3.01. The van der Waals surface area contributed by atoms with Gasteiger partial charge in [-0.25, -0.2) is 0 Å². The van der Waals surface area contributed by atoms with Crippen LogP contribution in [-0.2, 0) is 14.9 Å². The highest BCUT2D eigenvalue weighted by atomic mass is 32.2. The molecule has 0 fully saturated rings. The van der Waals surface area contributed by atoms with Crippen molar-refractivity contribution in [1.29, 1.82) is 0 Å². The van der Waals surface area contributed by atoms with Crippen LogP contribution < -0.4 is 11.1 Å². The smallest absolute Gasteiger partial charge is 0.264 e. The number of carbonyl (C=O) groups excluding carboxylic acids is 1. The van der Waals surface area contributed by atoms with Gasteiger partial charge in [0.15, 0.2) is 0 Å². The van der Waals surface area contributed by atoms with Crippen molar-refractivity contribution in [2.75, 3.05) is 5.75 Å². The molecule has 0 aliphatic rings. The van der Waals surface area contributed by atoms with Crippen molar-refractivity contribution in [3.63, 3.8) is 0 Å². The van der Waals surface area contributed by atoms with Crippen molar-refractivity contribution in [3.05, 3.63) is 12.7 Å². The van der Waals surface area contributed by atoms with E-state index in [9.17, 15) is 13.2 Å². The average Bonchev–Trinajstić information content (AvgIpc) is 2.16. The van der Waals surface area contributed by atoms with E-state index >= 15 is 0 Å². The van der Waals surface area contributed by atoms with Gasteiger partial charge in [0.2, 0.25) is 5.91 Å². The van der Waals surface area contributed by atoms with Gasteiger partial charge in [-0.15, -0.1) is 0 Å². The molecule has 0 bridgehead atoms. The maximum absolute atomic E-state index is 10.5. The molecule has 0 aliphatic heterocycles. The number of rotatable bonds is 5. The number of nitrogens with one attached hydrogen (secondary N) is 1. The first kappa shape index (κ1) is 17.5. The minimum atomic E-state index is -3.67. The third kappa shape index (κ3) is 15.5. The van der Waals surface area contributed by atoms with E-state index in [1.807, 2.05) is 6.92 Å². The number of nitrogens with two attached hydrogens (primary N) is 1. The Morgan fingerprint density at radius 3 is 2.25 bits per heavy atom. The van der Waals surface area contributed by atoms with Crippen molar-refractivity contribution in [2.45, 2.75) is 32.9 Å². The summed E-state index contributed by atoms with van der Waals surface area (Å²) in [4.78, 5) is 10.5. The van der Waals surface area contributed by atoms with Gasteiger partial charge in [0.25, 0.3) is 10.1 Å². The van der Waals surface area contributed by atoms with Gasteiger partial charge in [0.05, 0.1) is 11.9 Å². The molecule has 16 heavy (non-hydrogen) atoms. The van der Waals surface area contributed by atoms with Crippen LogP contribution >= 0.6 is 0 Å². The standard InChI is InChI=1S/C6H12N2O.C3H8O3S/c1-3-5(7)8-6(9)4-2;1-2-3-7(4,5)6/h4-5H,2-3,7H2,1H3,(H,8,9);2-3H2,1H3,(H,4,5,6). The van der Waals surface area contributed by atoms with Gasteiger partial charge < -0.3 is 11.1 Å². The molecule has 0 saturated heterocycles. The van der Waals surface area contributed by atoms with Crippen LogP contribution in [0.2, 0.25) is 0 Å². The van der Waals surface area contributed by atoms with Crippen molar-refractivity contribution in [2.24, 2.45) is 5.73 Å². The summed E-state index contributed by atoms with van der Waals surface area (Å²) < 4.78 is 27.6. The number of hydrogen-bond donors (Lipinski definition) is 3. The van der Waals surface area contributed by atoms with E-state index in [1.165, 1.54) is 6.08 Å². The number of amides is 1. The Morgan fingerprint density at radius 2 is 2.06 bits per heavy atom. The Bertz CT molecular complexity index is 301. The quantitative estimate of drug-likeness (QED) is 0.369. The van der Waals surface area contributed by atoms with Crippen molar-refractivity contribution in [1.82, 2.24) is 5.32 Å². The molecule has 0 aliphatic carbocycles. The highest BCUT2D eigenvalue weighted by molar-refractivity contribution is 7.85. The highest BCUT2D eigenvalue weighted by Gasteiger charge is 1.99. The second-order valence-corrected chi connectivity index (χ2v) is 4.59. The minimum Gasteiger partial charge on any atom is -0.337 e. The van der Waals surface area contributed by atoms with Crippen molar-refractivity contribution < 1.29 is 17.8 Å². The fraction of sp³-hybridized carbons (Fsp3) is 0.667. The van der Waals surface area contributed by atoms with E-state index in [-0.39, 0.29) is 17.8 Å². The first-order valence-corrected chi connectivity index (χ1v) is 6.51. The first-order chi connectivity index (χ1) is 7.26. The number of carbonyl (C=O) groups is 1. The van der Waals surface area contributed by atoms with Crippen LogP contribution in [0.25, 0.3) is 0 Å². The topological polar surface area (TPSA) is 109 Å². The van der Waals surface area contributed by atoms with Crippen LogP contribution in [0.3, 0.4) is 0 Å². The first-order valence-electron chi connectivity index (χ1n) is 4.90. The summed E-state index contributed by atoms with van der Waals surface area (Å²) in [7, 11) is -3.67. The Kier molecular flexibility index (Phi) is 10.2. The molecule has 6 nitrogen and oxygen atoms in total. The molecule has 1 unspecified atom stereocenters. The van der Waals surface area contributed by atoms with Crippen LogP contribution in [0.1, 0.15) is 26.7 Å². The molecule has 7 heteroatoms. The lowest BCUT2D eigenvalue weighted by Gasteiger charge is -2.07. The monoisotopic (exact) mass is 252 g/mol. The minimum absolute atomic E-state index is 0.132. The third-order valence-corrected chi connectivity index (χ3v) is 2.34. The summed E-state index contributed by atoms with van der Waals surface area (Å²) in [6, 6.07) is 0. The molecule has 0 spiro atoms. The maximum Gasteiger partial charge on any atom is 0.264 e. The van der Waals surface area contributed by atoms with Gasteiger partial charge in [0.1, 0.15) is 0 Å². The van der Waals surface area contributed by atoms with E-state index in [4.69, 9.17) is 10.3 Å². The molecule has 0 saturated carbocycles. The van der Waals surface area contributed by atoms with E-state index in [2.05, 4.69) is 11.9 Å². The van der Waals surface area contributed by atoms with Crippen LogP contribution in [0.4, 0.5) is 0 Å². The largest absolute Gasteiger partial charge is 0.337 e. The Balaban J connectivity index is 0. The molecule has 0 aromatic rings. The number of hydrogen-bond acceptors (Lipinski definition) is 4. The third-order valence-electron chi connectivity index (χ3n) is 1.41. The molecule has 1 atom stereocenters. The normalized spacial score (nSPS) is 12.0. The summed E-state index contributed by atoms with van der Waals surface area (Å²) in [6.45, 7) is 6.87.